The van der Waals surface area contributed by atoms with Crippen molar-refractivity contribution in [3.8, 4) is 0 Å². The minimum absolute atomic E-state index is 0.104. The predicted octanol–water partition coefficient (Wildman–Crippen LogP) is 0.541. The first-order chi connectivity index (χ1) is 16.7. The number of anilines is 1. The number of amides is 1. The lowest BCUT2D eigenvalue weighted by atomic mass is 9.53. The summed E-state index contributed by atoms with van der Waals surface area (Å²) >= 11 is 0. The van der Waals surface area contributed by atoms with Crippen molar-refractivity contribution in [2.75, 3.05) is 37.8 Å². The second-order valence-corrected chi connectivity index (χ2v) is 11.6. The monoisotopic (exact) mass is 506 g/mol. The van der Waals surface area contributed by atoms with Gasteiger partial charge >= 0.3 is 7.82 Å². The molecule has 2 bridgehead atoms. The number of phosphoric acid groups is 1. The van der Waals surface area contributed by atoms with E-state index in [0.717, 1.165) is 6.54 Å². The molecule has 7 atom stereocenters. The maximum absolute atomic E-state index is 13.2. The number of aliphatic hydroxyl groups is 2. The molecular formula is C24H31N2O8P. The molecule has 1 aliphatic carbocycles. The van der Waals surface area contributed by atoms with Crippen LogP contribution in [0.2, 0.25) is 0 Å². The number of ether oxygens (including phenoxy) is 1. The van der Waals surface area contributed by atoms with Gasteiger partial charge in [-0.2, -0.15) is 0 Å². The Morgan fingerprint density at radius 3 is 2.86 bits per heavy atom. The minimum atomic E-state index is -4.50. The number of carbonyl (C=O) groups is 1. The number of para-hydroxylation sites is 1. The Kier molecular flexibility index (Phi) is 5.75. The highest BCUT2D eigenvalue weighted by Crippen LogP contribution is 2.65. The maximum atomic E-state index is 13.2. The Hall–Kier alpha value is -1.62. The molecule has 1 amide bonds. The van der Waals surface area contributed by atoms with Crippen LogP contribution < -0.4 is 4.90 Å². The standard InChI is InChI=1S/C21H22N2O2.C3H9O6P/c24-18-10-16-19-13-9-17-21(6-7-22(17)11-12(13)5-8-25-16)14-3-1-2-4-15(14)23(18)20(19)21;4-1-3(5)2-9-10(6,7)8/h1-5,13,16-17,19-20H,6-11H2;3-5H,1-2H2,(H2,6,7,8)/t13-,16-,17-,19-,20+,21?;/m0./s1. The van der Waals surface area contributed by atoms with Gasteiger partial charge in [0.1, 0.15) is 6.10 Å². The summed E-state index contributed by atoms with van der Waals surface area (Å²) in [6.45, 7) is 1.82. The highest BCUT2D eigenvalue weighted by Gasteiger charge is 2.70. The first-order valence-electron chi connectivity index (χ1n) is 12.2. The molecule has 7 rings (SSSR count). The molecule has 0 radical (unpaired) electrons. The van der Waals surface area contributed by atoms with Gasteiger partial charge in [0.25, 0.3) is 0 Å². The van der Waals surface area contributed by atoms with Gasteiger partial charge in [-0.3, -0.25) is 14.2 Å². The Morgan fingerprint density at radius 2 is 2.09 bits per heavy atom. The van der Waals surface area contributed by atoms with Crippen LogP contribution in [0, 0.1) is 11.8 Å². The van der Waals surface area contributed by atoms with Gasteiger partial charge in [-0.1, -0.05) is 29.8 Å². The number of nitrogens with zero attached hydrogens (tertiary/aromatic N) is 2. The number of piperidine rings is 2. The lowest BCUT2D eigenvalue weighted by Gasteiger charge is -2.58. The number of benzene rings is 1. The largest absolute Gasteiger partial charge is 0.469 e. The van der Waals surface area contributed by atoms with Crippen molar-refractivity contribution in [1.29, 1.82) is 0 Å². The van der Waals surface area contributed by atoms with Gasteiger partial charge < -0.3 is 29.6 Å². The van der Waals surface area contributed by atoms with Crippen LogP contribution in [-0.2, 0) is 24.0 Å². The number of aliphatic hydroxyl groups excluding tert-OH is 2. The van der Waals surface area contributed by atoms with E-state index in [1.807, 2.05) is 0 Å². The molecule has 2 unspecified atom stereocenters. The quantitative estimate of drug-likeness (QED) is 0.340. The molecule has 190 valence electrons. The van der Waals surface area contributed by atoms with Gasteiger partial charge in [0, 0.05) is 29.6 Å². The molecule has 4 fully saturated rings. The second kappa shape index (κ2) is 8.46. The van der Waals surface area contributed by atoms with Gasteiger partial charge in [0.15, 0.2) is 0 Å². The van der Waals surface area contributed by atoms with Gasteiger partial charge in [-0.25, -0.2) is 4.57 Å². The van der Waals surface area contributed by atoms with E-state index in [1.165, 1.54) is 30.6 Å². The molecule has 11 heteroatoms. The third-order valence-corrected chi connectivity index (χ3v) is 9.35. The molecule has 10 nitrogen and oxygen atoms in total. The van der Waals surface area contributed by atoms with E-state index in [9.17, 15) is 9.36 Å². The topological polar surface area (TPSA) is 140 Å². The van der Waals surface area contributed by atoms with Crippen LogP contribution in [0.5, 0.6) is 0 Å². The Balaban J connectivity index is 0.000000198. The summed E-state index contributed by atoms with van der Waals surface area (Å²) in [6, 6.07) is 9.64. The van der Waals surface area contributed by atoms with E-state index in [4.69, 9.17) is 24.7 Å². The fraction of sp³-hybridized carbons (Fsp3) is 0.625. The summed E-state index contributed by atoms with van der Waals surface area (Å²) in [5, 5.41) is 16.7. The first-order valence-corrected chi connectivity index (χ1v) is 13.7. The molecule has 35 heavy (non-hydrogen) atoms. The number of carbonyl (C=O) groups excluding carboxylic acids is 1. The van der Waals surface area contributed by atoms with Gasteiger partial charge in [-0.05, 0) is 36.9 Å². The molecule has 1 spiro atoms. The average molecular weight is 506 g/mol. The van der Waals surface area contributed by atoms with Gasteiger partial charge in [0.05, 0.1) is 38.4 Å². The second-order valence-electron chi connectivity index (χ2n) is 10.4. The SMILES string of the molecule is O=C1C[C@@H]2OCC=C3CN4CCC56c7ccccc7N1[C@@H]5[C@H]2[C@H]3C[C@H]46.O=P(O)(O)OCC(O)CO. The Morgan fingerprint density at radius 1 is 1.29 bits per heavy atom. The van der Waals surface area contributed by atoms with E-state index in [2.05, 4.69) is 44.7 Å². The fourth-order valence-electron chi connectivity index (χ4n) is 7.74. The zero-order chi connectivity index (χ0) is 24.5. The number of hydrogen-bond donors (Lipinski definition) is 4. The van der Waals surface area contributed by atoms with Crippen LogP contribution in [-0.4, -0.2) is 88.0 Å². The van der Waals surface area contributed by atoms with Crippen molar-refractivity contribution in [3.63, 3.8) is 0 Å². The zero-order valence-corrected chi connectivity index (χ0v) is 20.2. The molecule has 5 aliphatic heterocycles. The normalized spacial score (nSPS) is 37.1. The molecule has 0 aromatic heterocycles. The summed E-state index contributed by atoms with van der Waals surface area (Å²) in [7, 11) is -4.50. The smallest absolute Gasteiger partial charge is 0.394 e. The number of rotatable bonds is 4. The molecular weight excluding hydrogens is 475 g/mol. The van der Waals surface area contributed by atoms with Crippen molar-refractivity contribution in [2.45, 2.75) is 49.0 Å². The summed E-state index contributed by atoms with van der Waals surface area (Å²) in [5.41, 5.74) is 4.35. The molecule has 3 saturated heterocycles. The van der Waals surface area contributed by atoms with E-state index < -0.39 is 27.1 Å². The van der Waals surface area contributed by atoms with Crippen LogP contribution in [0.1, 0.15) is 24.8 Å². The van der Waals surface area contributed by atoms with Crippen LogP contribution in [0.4, 0.5) is 5.69 Å². The van der Waals surface area contributed by atoms with Crippen LogP contribution in [0.3, 0.4) is 0 Å². The van der Waals surface area contributed by atoms with Gasteiger partial charge in [0.2, 0.25) is 5.91 Å². The molecule has 4 N–H and O–H groups in total. The Bertz CT molecular complexity index is 1110. The Labute approximate surface area is 203 Å². The third kappa shape index (κ3) is 3.58. The number of fused-ring (bicyclic) bond motifs is 2. The van der Waals surface area contributed by atoms with E-state index in [1.54, 1.807) is 5.57 Å². The lowest BCUT2D eigenvalue weighted by Crippen LogP contribution is -2.69. The van der Waals surface area contributed by atoms with Crippen molar-refractivity contribution >= 4 is 19.4 Å². The summed E-state index contributed by atoms with van der Waals surface area (Å²) < 4.78 is 20.0. The summed E-state index contributed by atoms with van der Waals surface area (Å²) in [6.07, 6.45) is 4.19. The van der Waals surface area contributed by atoms with E-state index >= 15 is 0 Å². The van der Waals surface area contributed by atoms with Crippen molar-refractivity contribution in [2.24, 2.45) is 11.8 Å². The molecule has 5 heterocycles. The van der Waals surface area contributed by atoms with Crippen LogP contribution in [0.25, 0.3) is 0 Å². The summed E-state index contributed by atoms with van der Waals surface area (Å²) in [5.74, 6) is 1.35. The minimum Gasteiger partial charge on any atom is -0.394 e. The van der Waals surface area contributed by atoms with Crippen molar-refractivity contribution in [3.05, 3.63) is 41.5 Å². The van der Waals surface area contributed by atoms with Crippen molar-refractivity contribution < 1.29 is 38.6 Å². The average Bonchev–Trinajstić information content (AvgIpc) is 3.30. The van der Waals surface area contributed by atoms with Crippen LogP contribution in [0.15, 0.2) is 35.9 Å². The number of phosphoric ester groups is 1. The predicted molar refractivity (Wildman–Crippen MR) is 124 cm³/mol. The zero-order valence-electron chi connectivity index (χ0n) is 19.3. The molecule has 1 aromatic rings. The highest BCUT2D eigenvalue weighted by atomic mass is 31.2. The van der Waals surface area contributed by atoms with E-state index in [0.29, 0.717) is 36.9 Å². The number of hydrogen-bond acceptors (Lipinski definition) is 7. The van der Waals surface area contributed by atoms with E-state index in [-0.39, 0.29) is 17.4 Å². The molecule has 1 saturated carbocycles. The van der Waals surface area contributed by atoms with Crippen LogP contribution >= 0.6 is 7.82 Å². The highest BCUT2D eigenvalue weighted by molar-refractivity contribution is 7.46. The summed E-state index contributed by atoms with van der Waals surface area (Å²) in [4.78, 5) is 34.2. The first kappa shape index (κ1) is 23.8. The molecule has 6 aliphatic rings. The molecule has 1 aromatic carbocycles. The third-order valence-electron chi connectivity index (χ3n) is 8.86. The maximum Gasteiger partial charge on any atom is 0.469 e. The van der Waals surface area contributed by atoms with Gasteiger partial charge in [-0.15, -0.1) is 0 Å². The lowest BCUT2D eigenvalue weighted by molar-refractivity contribution is -0.132. The fourth-order valence-corrected chi connectivity index (χ4v) is 8.11. The van der Waals surface area contributed by atoms with Crippen molar-refractivity contribution in [1.82, 2.24) is 4.90 Å².